The van der Waals surface area contributed by atoms with Gasteiger partial charge in [0.05, 0.1) is 30.6 Å². The van der Waals surface area contributed by atoms with Crippen LogP contribution in [-0.4, -0.2) is 46.4 Å². The maximum absolute atomic E-state index is 5.82. The number of piperidine rings is 1. The Morgan fingerprint density at radius 2 is 2.04 bits per heavy atom. The second-order valence-electron chi connectivity index (χ2n) is 6.92. The predicted molar refractivity (Wildman–Crippen MR) is 88.8 cm³/mol. The van der Waals surface area contributed by atoms with Gasteiger partial charge in [0.25, 0.3) is 0 Å². The topological polar surface area (TPSA) is 39.0 Å². The van der Waals surface area contributed by atoms with Crippen LogP contribution in [0.1, 0.15) is 49.4 Å². The van der Waals surface area contributed by atoms with E-state index in [1.165, 1.54) is 43.5 Å². The van der Waals surface area contributed by atoms with Crippen molar-refractivity contribution in [2.24, 2.45) is 0 Å². The van der Waals surface area contributed by atoms with Crippen molar-refractivity contribution in [1.82, 2.24) is 14.3 Å². The summed E-state index contributed by atoms with van der Waals surface area (Å²) in [4.78, 5) is 8.63. The average Bonchev–Trinajstić information content (AvgIpc) is 3.00. The normalized spacial score (nSPS) is 27.2. The molecule has 5 nitrogen and oxygen atoms in total. The Kier molecular flexibility index (Phi) is 3.66. The molecule has 0 aromatic carbocycles. The summed E-state index contributed by atoms with van der Waals surface area (Å²) in [6.07, 6.45) is 8.47. The van der Waals surface area contributed by atoms with Crippen molar-refractivity contribution >= 4 is 16.3 Å². The van der Waals surface area contributed by atoms with Crippen LogP contribution in [0, 0.1) is 0 Å². The zero-order valence-electron chi connectivity index (χ0n) is 13.3. The van der Waals surface area contributed by atoms with E-state index < -0.39 is 0 Å². The highest BCUT2D eigenvalue weighted by molar-refractivity contribution is 7.15. The summed E-state index contributed by atoms with van der Waals surface area (Å²) in [5, 5.41) is 2.14. The van der Waals surface area contributed by atoms with E-state index in [-0.39, 0.29) is 6.29 Å². The molecule has 0 N–H and O–H groups in total. The fourth-order valence-electron chi connectivity index (χ4n) is 4.00. The van der Waals surface area contributed by atoms with Crippen LogP contribution >= 0.6 is 11.3 Å². The second-order valence-corrected chi connectivity index (χ2v) is 7.79. The first-order chi connectivity index (χ1) is 11.4. The van der Waals surface area contributed by atoms with E-state index in [1.807, 2.05) is 0 Å². The fraction of sp³-hybridized carbons (Fsp3) is 0.706. The molecule has 1 saturated carbocycles. The number of nitrogens with zero attached hydrogens (tertiary/aromatic N) is 3. The summed E-state index contributed by atoms with van der Waals surface area (Å²) >= 11 is 1.74. The van der Waals surface area contributed by atoms with Gasteiger partial charge in [-0.3, -0.25) is 9.30 Å². The fourth-order valence-corrected chi connectivity index (χ4v) is 4.74. The SMILES string of the molecule is c1cn2c(CN3CCCC[C@@H]3C3OCCO3)c(C3CC3)nc2s1. The molecule has 5 rings (SSSR count). The van der Waals surface area contributed by atoms with Gasteiger partial charge >= 0.3 is 0 Å². The number of ether oxygens (including phenoxy) is 2. The average molecular weight is 333 g/mol. The van der Waals surface area contributed by atoms with Crippen LogP contribution in [0.15, 0.2) is 11.6 Å². The molecular weight excluding hydrogens is 310 g/mol. The number of aromatic nitrogens is 2. The minimum absolute atomic E-state index is 0.0365. The summed E-state index contributed by atoms with van der Waals surface area (Å²) in [5.41, 5.74) is 2.74. The first-order valence-electron chi connectivity index (χ1n) is 8.82. The van der Waals surface area contributed by atoms with Crippen molar-refractivity contribution in [3.8, 4) is 0 Å². The van der Waals surface area contributed by atoms with Crippen molar-refractivity contribution < 1.29 is 9.47 Å². The number of thiazole rings is 1. The summed E-state index contributed by atoms with van der Waals surface area (Å²) in [5.74, 6) is 0.694. The lowest BCUT2D eigenvalue weighted by Crippen LogP contribution is -2.47. The number of fused-ring (bicyclic) bond motifs is 1. The van der Waals surface area contributed by atoms with Gasteiger partial charge < -0.3 is 9.47 Å². The van der Waals surface area contributed by atoms with Gasteiger partial charge in [-0.25, -0.2) is 4.98 Å². The van der Waals surface area contributed by atoms with Gasteiger partial charge in [-0.15, -0.1) is 11.3 Å². The van der Waals surface area contributed by atoms with Crippen LogP contribution in [-0.2, 0) is 16.0 Å². The van der Waals surface area contributed by atoms with E-state index in [1.54, 1.807) is 11.3 Å². The number of imidazole rings is 1. The van der Waals surface area contributed by atoms with Crippen molar-refractivity contribution in [2.45, 2.75) is 56.9 Å². The van der Waals surface area contributed by atoms with Crippen LogP contribution in [0.3, 0.4) is 0 Å². The zero-order chi connectivity index (χ0) is 15.2. The Balaban J connectivity index is 1.44. The lowest BCUT2D eigenvalue weighted by Gasteiger charge is -2.37. The van der Waals surface area contributed by atoms with Gasteiger partial charge in [0.2, 0.25) is 0 Å². The standard InChI is InChI=1S/C17H23N3O2S/c1-2-6-19(13(3-1)16-21-8-9-22-16)11-14-15(12-4-5-12)18-17-20(14)7-10-23-17/h7,10,12-13,16H,1-6,8-9,11H2/t13-/m1/s1. The summed E-state index contributed by atoms with van der Waals surface area (Å²) in [7, 11) is 0. The van der Waals surface area contributed by atoms with Gasteiger partial charge in [-0.2, -0.15) is 0 Å². The Hall–Kier alpha value is -0.950. The van der Waals surface area contributed by atoms with Crippen LogP contribution in [0.25, 0.3) is 4.96 Å². The van der Waals surface area contributed by atoms with E-state index in [9.17, 15) is 0 Å². The lowest BCUT2D eigenvalue weighted by atomic mass is 10.0. The minimum Gasteiger partial charge on any atom is -0.349 e. The Bertz CT molecular complexity index is 687. The first-order valence-corrected chi connectivity index (χ1v) is 9.70. The molecular formula is C17H23N3O2S. The van der Waals surface area contributed by atoms with E-state index in [4.69, 9.17) is 14.5 Å². The van der Waals surface area contributed by atoms with Crippen molar-refractivity contribution in [3.63, 3.8) is 0 Å². The largest absolute Gasteiger partial charge is 0.349 e. The molecule has 1 atom stereocenters. The predicted octanol–water partition coefficient (Wildman–Crippen LogP) is 3.00. The molecule has 0 unspecified atom stereocenters. The van der Waals surface area contributed by atoms with E-state index in [2.05, 4.69) is 20.9 Å². The van der Waals surface area contributed by atoms with Gasteiger partial charge in [-0.1, -0.05) is 6.42 Å². The third-order valence-electron chi connectivity index (χ3n) is 5.33. The van der Waals surface area contributed by atoms with Crippen molar-refractivity contribution in [2.75, 3.05) is 19.8 Å². The molecule has 0 spiro atoms. The number of hydrogen-bond donors (Lipinski definition) is 0. The summed E-state index contributed by atoms with van der Waals surface area (Å²) < 4.78 is 13.9. The molecule has 0 amide bonds. The maximum atomic E-state index is 5.82. The maximum Gasteiger partial charge on any atom is 0.194 e. The zero-order valence-corrected chi connectivity index (χ0v) is 14.1. The molecule has 2 saturated heterocycles. The molecule has 2 aliphatic heterocycles. The molecule has 124 valence electrons. The molecule has 0 radical (unpaired) electrons. The van der Waals surface area contributed by atoms with Crippen molar-refractivity contribution in [3.05, 3.63) is 23.0 Å². The summed E-state index contributed by atoms with van der Waals surface area (Å²) in [6, 6.07) is 0.391. The van der Waals surface area contributed by atoms with Crippen LogP contribution in [0.4, 0.5) is 0 Å². The molecule has 6 heteroatoms. The van der Waals surface area contributed by atoms with Gasteiger partial charge in [0.15, 0.2) is 11.3 Å². The molecule has 3 fully saturated rings. The van der Waals surface area contributed by atoms with Gasteiger partial charge in [-0.05, 0) is 32.2 Å². The van der Waals surface area contributed by atoms with E-state index in [0.717, 1.165) is 31.3 Å². The van der Waals surface area contributed by atoms with E-state index in [0.29, 0.717) is 12.0 Å². The monoisotopic (exact) mass is 333 g/mol. The van der Waals surface area contributed by atoms with Crippen molar-refractivity contribution in [1.29, 1.82) is 0 Å². The molecule has 3 aliphatic rings. The number of likely N-dealkylation sites (tertiary alicyclic amines) is 1. The van der Waals surface area contributed by atoms with E-state index >= 15 is 0 Å². The third kappa shape index (κ3) is 2.61. The highest BCUT2D eigenvalue weighted by atomic mass is 32.1. The van der Waals surface area contributed by atoms with Gasteiger partial charge in [0.1, 0.15) is 0 Å². The Labute approximate surface area is 140 Å². The quantitative estimate of drug-likeness (QED) is 0.862. The van der Waals surface area contributed by atoms with Gasteiger partial charge in [0, 0.05) is 24.0 Å². The highest BCUT2D eigenvalue weighted by Crippen LogP contribution is 2.42. The molecule has 0 bridgehead atoms. The minimum atomic E-state index is -0.0365. The van der Waals surface area contributed by atoms with Crippen LogP contribution in [0.5, 0.6) is 0 Å². The van der Waals surface area contributed by atoms with Crippen LogP contribution < -0.4 is 0 Å². The Morgan fingerprint density at radius 1 is 1.17 bits per heavy atom. The Morgan fingerprint density at radius 3 is 2.87 bits per heavy atom. The second kappa shape index (κ2) is 5.84. The third-order valence-corrected chi connectivity index (χ3v) is 6.09. The number of rotatable bonds is 4. The highest BCUT2D eigenvalue weighted by Gasteiger charge is 2.36. The first kappa shape index (κ1) is 14.4. The molecule has 2 aromatic rings. The molecule has 4 heterocycles. The summed E-state index contributed by atoms with van der Waals surface area (Å²) in [6.45, 7) is 3.58. The molecule has 1 aliphatic carbocycles. The molecule has 23 heavy (non-hydrogen) atoms. The van der Waals surface area contributed by atoms with Crippen LogP contribution in [0.2, 0.25) is 0 Å². The molecule has 2 aromatic heterocycles. The lowest BCUT2D eigenvalue weighted by molar-refractivity contribution is -0.111. The number of hydrogen-bond acceptors (Lipinski definition) is 5. The smallest absolute Gasteiger partial charge is 0.194 e.